The third-order valence-corrected chi connectivity index (χ3v) is 4.35. The SMILES string of the molecule is CC(C)C(CNC1CCCC1)N1CCCC1. The molecular weight excluding hydrogens is 196 g/mol. The van der Waals surface area contributed by atoms with Crippen molar-refractivity contribution in [1.29, 1.82) is 0 Å². The Bertz CT molecular complexity index is 191. The number of nitrogens with zero attached hydrogens (tertiary/aromatic N) is 1. The fourth-order valence-corrected chi connectivity index (χ4v) is 3.28. The second kappa shape index (κ2) is 6.02. The molecule has 1 heterocycles. The van der Waals surface area contributed by atoms with Gasteiger partial charge in [-0.1, -0.05) is 26.7 Å². The Labute approximate surface area is 101 Å². The predicted molar refractivity (Wildman–Crippen MR) is 69.7 cm³/mol. The highest BCUT2D eigenvalue weighted by Gasteiger charge is 2.25. The smallest absolute Gasteiger partial charge is 0.0243 e. The van der Waals surface area contributed by atoms with Crippen LogP contribution in [0.5, 0.6) is 0 Å². The molecule has 0 amide bonds. The Hall–Kier alpha value is -0.0800. The zero-order valence-electron chi connectivity index (χ0n) is 11.0. The molecule has 0 radical (unpaired) electrons. The van der Waals surface area contributed by atoms with E-state index in [0.29, 0.717) is 0 Å². The first kappa shape index (κ1) is 12.4. The molecule has 1 N–H and O–H groups in total. The first-order valence-electron chi connectivity index (χ1n) is 7.25. The highest BCUT2D eigenvalue weighted by molar-refractivity contribution is 4.83. The third kappa shape index (κ3) is 3.21. The molecule has 0 bridgehead atoms. The Morgan fingerprint density at radius 3 is 2.25 bits per heavy atom. The van der Waals surface area contributed by atoms with Crippen LogP contribution in [0.25, 0.3) is 0 Å². The van der Waals surface area contributed by atoms with Crippen molar-refractivity contribution in [2.75, 3.05) is 19.6 Å². The first-order chi connectivity index (χ1) is 7.77. The van der Waals surface area contributed by atoms with E-state index in [2.05, 4.69) is 24.1 Å². The van der Waals surface area contributed by atoms with Crippen molar-refractivity contribution >= 4 is 0 Å². The molecule has 2 rings (SSSR count). The molecule has 2 nitrogen and oxygen atoms in total. The molecule has 1 saturated heterocycles. The maximum atomic E-state index is 3.80. The van der Waals surface area contributed by atoms with E-state index in [9.17, 15) is 0 Å². The molecular formula is C14H28N2. The highest BCUT2D eigenvalue weighted by Crippen LogP contribution is 2.20. The monoisotopic (exact) mass is 224 g/mol. The molecule has 1 aliphatic heterocycles. The van der Waals surface area contributed by atoms with E-state index in [1.807, 2.05) is 0 Å². The number of hydrogen-bond acceptors (Lipinski definition) is 2. The molecule has 94 valence electrons. The van der Waals surface area contributed by atoms with Crippen molar-refractivity contribution in [3.63, 3.8) is 0 Å². The molecule has 0 spiro atoms. The summed E-state index contributed by atoms with van der Waals surface area (Å²) in [5.74, 6) is 0.784. The molecule has 2 fully saturated rings. The van der Waals surface area contributed by atoms with Crippen LogP contribution in [0.1, 0.15) is 52.4 Å². The quantitative estimate of drug-likeness (QED) is 0.772. The second-order valence-corrected chi connectivity index (χ2v) is 5.94. The first-order valence-corrected chi connectivity index (χ1v) is 7.25. The summed E-state index contributed by atoms with van der Waals surface area (Å²) in [5, 5.41) is 3.80. The summed E-state index contributed by atoms with van der Waals surface area (Å²) in [5.41, 5.74) is 0. The van der Waals surface area contributed by atoms with Crippen molar-refractivity contribution in [2.24, 2.45) is 5.92 Å². The van der Waals surface area contributed by atoms with Crippen LogP contribution in [0.4, 0.5) is 0 Å². The van der Waals surface area contributed by atoms with E-state index in [4.69, 9.17) is 0 Å². The van der Waals surface area contributed by atoms with Crippen molar-refractivity contribution in [2.45, 2.75) is 64.5 Å². The van der Waals surface area contributed by atoms with Gasteiger partial charge in [-0.2, -0.15) is 0 Å². The summed E-state index contributed by atoms with van der Waals surface area (Å²) in [6.07, 6.45) is 8.51. The van der Waals surface area contributed by atoms with Crippen LogP contribution < -0.4 is 5.32 Å². The van der Waals surface area contributed by atoms with Crippen LogP contribution in [0, 0.1) is 5.92 Å². The fourth-order valence-electron chi connectivity index (χ4n) is 3.28. The van der Waals surface area contributed by atoms with Gasteiger partial charge in [-0.05, 0) is 44.7 Å². The van der Waals surface area contributed by atoms with Crippen LogP contribution in [-0.4, -0.2) is 36.6 Å². The maximum Gasteiger partial charge on any atom is 0.0243 e. The Balaban J connectivity index is 1.77. The molecule has 0 aromatic carbocycles. The summed E-state index contributed by atoms with van der Waals surface area (Å²) in [6.45, 7) is 8.62. The van der Waals surface area contributed by atoms with Gasteiger partial charge in [0.25, 0.3) is 0 Å². The average Bonchev–Trinajstić information content (AvgIpc) is 2.88. The summed E-state index contributed by atoms with van der Waals surface area (Å²) in [7, 11) is 0. The predicted octanol–water partition coefficient (Wildman–Crippen LogP) is 2.64. The Morgan fingerprint density at radius 2 is 1.69 bits per heavy atom. The lowest BCUT2D eigenvalue weighted by Gasteiger charge is -2.32. The van der Waals surface area contributed by atoms with Crippen molar-refractivity contribution in [1.82, 2.24) is 10.2 Å². The minimum absolute atomic E-state index is 0.767. The average molecular weight is 224 g/mol. The number of hydrogen-bond donors (Lipinski definition) is 1. The Kier molecular flexibility index (Phi) is 4.66. The van der Waals surface area contributed by atoms with E-state index in [1.165, 1.54) is 58.2 Å². The van der Waals surface area contributed by atoms with Gasteiger partial charge in [0.05, 0.1) is 0 Å². The van der Waals surface area contributed by atoms with Gasteiger partial charge in [0.15, 0.2) is 0 Å². The van der Waals surface area contributed by atoms with Crippen molar-refractivity contribution in [3.8, 4) is 0 Å². The van der Waals surface area contributed by atoms with Gasteiger partial charge in [-0.3, -0.25) is 4.90 Å². The van der Waals surface area contributed by atoms with Crippen LogP contribution >= 0.6 is 0 Å². The van der Waals surface area contributed by atoms with E-state index >= 15 is 0 Å². The van der Waals surface area contributed by atoms with Gasteiger partial charge >= 0.3 is 0 Å². The van der Waals surface area contributed by atoms with E-state index in [-0.39, 0.29) is 0 Å². The molecule has 0 aromatic rings. The summed E-state index contributed by atoms with van der Waals surface area (Å²) < 4.78 is 0. The normalized spacial score (nSPS) is 25.7. The maximum absolute atomic E-state index is 3.80. The van der Waals surface area contributed by atoms with Gasteiger partial charge in [0.1, 0.15) is 0 Å². The zero-order valence-corrected chi connectivity index (χ0v) is 11.0. The van der Waals surface area contributed by atoms with Gasteiger partial charge in [-0.25, -0.2) is 0 Å². The van der Waals surface area contributed by atoms with Gasteiger partial charge in [-0.15, -0.1) is 0 Å². The van der Waals surface area contributed by atoms with Gasteiger partial charge in [0, 0.05) is 18.6 Å². The summed E-state index contributed by atoms with van der Waals surface area (Å²) in [4.78, 5) is 2.70. The van der Waals surface area contributed by atoms with Crippen molar-refractivity contribution in [3.05, 3.63) is 0 Å². The molecule has 2 aliphatic rings. The molecule has 0 aromatic heterocycles. The molecule has 2 heteroatoms. The lowest BCUT2D eigenvalue weighted by Crippen LogP contribution is -2.46. The molecule has 1 unspecified atom stereocenters. The topological polar surface area (TPSA) is 15.3 Å². The summed E-state index contributed by atoms with van der Waals surface area (Å²) >= 11 is 0. The van der Waals surface area contributed by atoms with E-state index < -0.39 is 0 Å². The van der Waals surface area contributed by atoms with Gasteiger partial charge in [0.2, 0.25) is 0 Å². The van der Waals surface area contributed by atoms with Crippen LogP contribution in [-0.2, 0) is 0 Å². The Morgan fingerprint density at radius 1 is 1.06 bits per heavy atom. The van der Waals surface area contributed by atoms with E-state index in [0.717, 1.165) is 18.0 Å². The molecule has 16 heavy (non-hydrogen) atoms. The standard InChI is InChI=1S/C14H28N2/c1-12(2)14(16-9-5-6-10-16)11-15-13-7-3-4-8-13/h12-15H,3-11H2,1-2H3. The minimum Gasteiger partial charge on any atom is -0.312 e. The zero-order chi connectivity index (χ0) is 11.4. The van der Waals surface area contributed by atoms with Crippen LogP contribution in [0.2, 0.25) is 0 Å². The minimum atomic E-state index is 0.767. The highest BCUT2D eigenvalue weighted by atomic mass is 15.2. The summed E-state index contributed by atoms with van der Waals surface area (Å²) in [6, 6.07) is 1.59. The molecule has 1 atom stereocenters. The lowest BCUT2D eigenvalue weighted by atomic mass is 10.0. The second-order valence-electron chi connectivity index (χ2n) is 5.94. The van der Waals surface area contributed by atoms with Crippen LogP contribution in [0.15, 0.2) is 0 Å². The lowest BCUT2D eigenvalue weighted by molar-refractivity contribution is 0.182. The van der Waals surface area contributed by atoms with Gasteiger partial charge < -0.3 is 5.32 Å². The fraction of sp³-hybridized carbons (Fsp3) is 1.00. The number of likely N-dealkylation sites (tertiary alicyclic amines) is 1. The van der Waals surface area contributed by atoms with E-state index in [1.54, 1.807) is 0 Å². The van der Waals surface area contributed by atoms with Crippen LogP contribution in [0.3, 0.4) is 0 Å². The number of rotatable bonds is 5. The third-order valence-electron chi connectivity index (χ3n) is 4.35. The number of nitrogens with one attached hydrogen (secondary N) is 1. The molecule has 1 saturated carbocycles. The van der Waals surface area contributed by atoms with Crippen molar-refractivity contribution < 1.29 is 0 Å². The largest absolute Gasteiger partial charge is 0.312 e. The molecule has 1 aliphatic carbocycles.